The lowest BCUT2D eigenvalue weighted by Gasteiger charge is -2.17. The molecule has 1 aromatic carbocycles. The van der Waals surface area contributed by atoms with Gasteiger partial charge >= 0.3 is 0 Å². The fourth-order valence-corrected chi connectivity index (χ4v) is 2.08. The average molecular weight is 272 g/mol. The molecule has 0 spiro atoms. The second kappa shape index (κ2) is 4.99. The van der Waals surface area contributed by atoms with E-state index in [0.29, 0.717) is 11.7 Å². The maximum atomic E-state index is 10.1. The lowest BCUT2D eigenvalue weighted by molar-refractivity contribution is 0.450. The molecular formula is C12H18BrNO. The lowest BCUT2D eigenvalue weighted by Crippen LogP contribution is -2.10. The van der Waals surface area contributed by atoms with Crippen LogP contribution in [0.3, 0.4) is 0 Å². The van der Waals surface area contributed by atoms with E-state index in [4.69, 9.17) is 5.73 Å². The van der Waals surface area contributed by atoms with Gasteiger partial charge < -0.3 is 10.8 Å². The highest BCUT2D eigenvalue weighted by atomic mass is 79.9. The Morgan fingerprint density at radius 3 is 2.33 bits per heavy atom. The third-order valence-corrected chi connectivity index (χ3v) is 3.05. The van der Waals surface area contributed by atoms with Gasteiger partial charge in [0.2, 0.25) is 0 Å². The van der Waals surface area contributed by atoms with Crippen molar-refractivity contribution in [2.75, 3.05) is 0 Å². The minimum atomic E-state index is -0.0972. The van der Waals surface area contributed by atoms with Gasteiger partial charge in [-0.3, -0.25) is 0 Å². The molecule has 0 bridgehead atoms. The number of phenols is 1. The quantitative estimate of drug-likeness (QED) is 0.881. The first kappa shape index (κ1) is 12.5. The zero-order valence-electron chi connectivity index (χ0n) is 9.42. The van der Waals surface area contributed by atoms with E-state index >= 15 is 0 Å². The molecule has 0 radical (unpaired) electrons. The summed E-state index contributed by atoms with van der Waals surface area (Å²) in [5.74, 6) is 0.646. The van der Waals surface area contributed by atoms with E-state index in [-0.39, 0.29) is 6.04 Å². The predicted octanol–water partition coefficient (Wildman–Crippen LogP) is 3.69. The van der Waals surface area contributed by atoms with Crippen LogP contribution in [0.25, 0.3) is 0 Å². The van der Waals surface area contributed by atoms with E-state index < -0.39 is 0 Å². The SMILES string of the molecule is CCC(N)c1cc(Br)cc(C(C)C)c1O. The number of benzene rings is 1. The Bertz CT molecular complexity index is 350. The van der Waals surface area contributed by atoms with Crippen LogP contribution in [0.15, 0.2) is 16.6 Å². The Balaban J connectivity index is 3.28. The van der Waals surface area contributed by atoms with Gasteiger partial charge in [0, 0.05) is 16.1 Å². The highest BCUT2D eigenvalue weighted by Crippen LogP contribution is 2.35. The zero-order valence-corrected chi connectivity index (χ0v) is 11.0. The number of rotatable bonds is 3. The standard InChI is InChI=1S/C12H18BrNO/c1-4-11(14)10-6-8(13)5-9(7(2)3)12(10)15/h5-7,11,15H,4,14H2,1-3H3. The van der Waals surface area contributed by atoms with Crippen molar-refractivity contribution < 1.29 is 5.11 Å². The third-order valence-electron chi connectivity index (χ3n) is 2.59. The molecule has 1 rings (SSSR count). The molecule has 0 aliphatic carbocycles. The van der Waals surface area contributed by atoms with Crippen LogP contribution in [-0.2, 0) is 0 Å². The second-order valence-corrected chi connectivity index (χ2v) is 5.02. The summed E-state index contributed by atoms with van der Waals surface area (Å²) in [5.41, 5.74) is 7.73. The third kappa shape index (κ3) is 2.73. The summed E-state index contributed by atoms with van der Waals surface area (Å²) in [6.07, 6.45) is 0.821. The van der Waals surface area contributed by atoms with Gasteiger partial charge in [-0.1, -0.05) is 36.7 Å². The number of nitrogens with two attached hydrogens (primary N) is 1. The Morgan fingerprint density at radius 1 is 1.33 bits per heavy atom. The molecule has 0 heterocycles. The van der Waals surface area contributed by atoms with Crippen molar-refractivity contribution in [3.8, 4) is 5.75 Å². The van der Waals surface area contributed by atoms with Gasteiger partial charge in [-0.15, -0.1) is 0 Å². The molecule has 1 aromatic rings. The molecule has 0 fully saturated rings. The first-order valence-corrected chi connectivity index (χ1v) is 6.04. The van der Waals surface area contributed by atoms with Gasteiger partial charge in [0.15, 0.2) is 0 Å². The Kier molecular flexibility index (Phi) is 4.17. The fraction of sp³-hybridized carbons (Fsp3) is 0.500. The van der Waals surface area contributed by atoms with E-state index in [1.54, 1.807) is 0 Å². The van der Waals surface area contributed by atoms with Crippen molar-refractivity contribution in [3.63, 3.8) is 0 Å². The largest absolute Gasteiger partial charge is 0.507 e. The zero-order chi connectivity index (χ0) is 11.6. The van der Waals surface area contributed by atoms with Crippen molar-refractivity contribution in [3.05, 3.63) is 27.7 Å². The average Bonchev–Trinajstić information content (AvgIpc) is 2.19. The normalized spacial score (nSPS) is 13.2. The maximum Gasteiger partial charge on any atom is 0.123 e. The topological polar surface area (TPSA) is 46.2 Å². The van der Waals surface area contributed by atoms with E-state index in [9.17, 15) is 5.11 Å². The van der Waals surface area contributed by atoms with Crippen LogP contribution < -0.4 is 5.73 Å². The number of halogens is 1. The number of hydrogen-bond acceptors (Lipinski definition) is 2. The minimum Gasteiger partial charge on any atom is -0.507 e. The van der Waals surface area contributed by atoms with Crippen LogP contribution in [0.2, 0.25) is 0 Å². The molecule has 0 saturated carbocycles. The monoisotopic (exact) mass is 271 g/mol. The van der Waals surface area contributed by atoms with Crippen molar-refractivity contribution >= 4 is 15.9 Å². The van der Waals surface area contributed by atoms with Crippen LogP contribution in [0, 0.1) is 0 Å². The number of hydrogen-bond donors (Lipinski definition) is 2. The summed E-state index contributed by atoms with van der Waals surface area (Å²) in [4.78, 5) is 0. The molecule has 0 aliphatic rings. The highest BCUT2D eigenvalue weighted by Gasteiger charge is 2.15. The van der Waals surface area contributed by atoms with Gasteiger partial charge in [0.05, 0.1) is 0 Å². The van der Waals surface area contributed by atoms with E-state index in [1.807, 2.05) is 19.1 Å². The molecule has 1 unspecified atom stereocenters. The first-order valence-electron chi connectivity index (χ1n) is 5.25. The van der Waals surface area contributed by atoms with Gasteiger partial charge in [0.25, 0.3) is 0 Å². The van der Waals surface area contributed by atoms with Gasteiger partial charge in [-0.05, 0) is 30.0 Å². The van der Waals surface area contributed by atoms with Crippen molar-refractivity contribution in [2.24, 2.45) is 5.73 Å². The summed E-state index contributed by atoms with van der Waals surface area (Å²) in [7, 11) is 0. The second-order valence-electron chi connectivity index (χ2n) is 4.10. The van der Waals surface area contributed by atoms with E-state index in [0.717, 1.165) is 22.0 Å². The molecule has 0 amide bonds. The van der Waals surface area contributed by atoms with Crippen molar-refractivity contribution in [1.82, 2.24) is 0 Å². The fourth-order valence-electron chi connectivity index (χ4n) is 1.58. The summed E-state index contributed by atoms with van der Waals surface area (Å²) >= 11 is 3.45. The van der Waals surface area contributed by atoms with Crippen molar-refractivity contribution in [1.29, 1.82) is 0 Å². The van der Waals surface area contributed by atoms with E-state index in [1.165, 1.54) is 0 Å². The Morgan fingerprint density at radius 2 is 1.87 bits per heavy atom. The summed E-state index contributed by atoms with van der Waals surface area (Å²) in [5, 5.41) is 10.1. The summed E-state index contributed by atoms with van der Waals surface area (Å²) in [6.45, 7) is 6.13. The molecule has 0 aliphatic heterocycles. The molecule has 3 N–H and O–H groups in total. The minimum absolute atomic E-state index is 0.0972. The highest BCUT2D eigenvalue weighted by molar-refractivity contribution is 9.10. The maximum absolute atomic E-state index is 10.1. The van der Waals surface area contributed by atoms with Crippen LogP contribution in [0.1, 0.15) is 50.3 Å². The summed E-state index contributed by atoms with van der Waals surface area (Å²) in [6, 6.07) is 3.75. The lowest BCUT2D eigenvalue weighted by atomic mass is 9.95. The Labute approximate surface area is 99.6 Å². The van der Waals surface area contributed by atoms with Gasteiger partial charge in [-0.25, -0.2) is 0 Å². The first-order chi connectivity index (χ1) is 6.97. The summed E-state index contributed by atoms with van der Waals surface area (Å²) < 4.78 is 0.975. The van der Waals surface area contributed by atoms with E-state index in [2.05, 4.69) is 29.8 Å². The van der Waals surface area contributed by atoms with Gasteiger partial charge in [-0.2, -0.15) is 0 Å². The molecule has 15 heavy (non-hydrogen) atoms. The smallest absolute Gasteiger partial charge is 0.123 e. The van der Waals surface area contributed by atoms with Crippen LogP contribution >= 0.6 is 15.9 Å². The number of phenolic OH excluding ortho intramolecular Hbond substituents is 1. The Hall–Kier alpha value is -0.540. The molecule has 0 aromatic heterocycles. The number of aromatic hydroxyl groups is 1. The molecule has 0 saturated heterocycles. The molecular weight excluding hydrogens is 254 g/mol. The molecule has 2 nitrogen and oxygen atoms in total. The van der Waals surface area contributed by atoms with Gasteiger partial charge in [0.1, 0.15) is 5.75 Å². The molecule has 84 valence electrons. The molecule has 1 atom stereocenters. The van der Waals surface area contributed by atoms with Crippen LogP contribution in [-0.4, -0.2) is 5.11 Å². The molecule has 3 heteroatoms. The predicted molar refractivity (Wildman–Crippen MR) is 67.1 cm³/mol. The van der Waals surface area contributed by atoms with Crippen molar-refractivity contribution in [2.45, 2.75) is 39.2 Å². The van der Waals surface area contributed by atoms with Crippen LogP contribution in [0.5, 0.6) is 5.75 Å². The van der Waals surface area contributed by atoms with Crippen LogP contribution in [0.4, 0.5) is 0 Å².